The molecule has 62 valence electrons. The van der Waals surface area contributed by atoms with Gasteiger partial charge in [0.25, 0.3) is 0 Å². The molecule has 0 fully saturated rings. The minimum atomic E-state index is 0.289. The van der Waals surface area contributed by atoms with Crippen LogP contribution in [0.4, 0.5) is 0 Å². The quantitative estimate of drug-likeness (QED) is 0.662. The van der Waals surface area contributed by atoms with Crippen molar-refractivity contribution in [2.45, 2.75) is 0 Å². The Morgan fingerprint density at radius 3 is 3.08 bits per heavy atom. The van der Waals surface area contributed by atoms with Gasteiger partial charge in [-0.1, -0.05) is 0 Å². The number of nitrogens with two attached hydrogens (primary N) is 1. The molecule has 0 saturated carbocycles. The van der Waals surface area contributed by atoms with E-state index in [2.05, 4.69) is 9.97 Å². The average Bonchev–Trinajstić information content (AvgIpc) is 2.15. The Balaban J connectivity index is 2.68. The zero-order valence-corrected chi connectivity index (χ0v) is 6.40. The minimum Gasteiger partial charge on any atom is -0.476 e. The molecule has 2 N–H and O–H groups in total. The van der Waals surface area contributed by atoms with Crippen molar-refractivity contribution in [1.29, 1.82) is 5.26 Å². The van der Waals surface area contributed by atoms with Crippen molar-refractivity contribution in [1.82, 2.24) is 9.97 Å². The Hall–Kier alpha value is -1.67. The van der Waals surface area contributed by atoms with Crippen LogP contribution in [0.5, 0.6) is 5.88 Å². The van der Waals surface area contributed by atoms with Crippen LogP contribution in [0.1, 0.15) is 5.69 Å². The van der Waals surface area contributed by atoms with Crippen LogP contribution in [0.3, 0.4) is 0 Å². The highest BCUT2D eigenvalue weighted by Crippen LogP contribution is 2.04. The summed E-state index contributed by atoms with van der Waals surface area (Å²) in [5.74, 6) is 0.381. The van der Waals surface area contributed by atoms with Gasteiger partial charge < -0.3 is 10.5 Å². The lowest BCUT2D eigenvalue weighted by molar-refractivity contribution is 0.315. The Kier molecular flexibility index (Phi) is 2.99. The molecule has 1 aromatic rings. The van der Waals surface area contributed by atoms with E-state index in [0.29, 0.717) is 19.0 Å². The third kappa shape index (κ3) is 2.18. The second kappa shape index (κ2) is 4.26. The van der Waals surface area contributed by atoms with Crippen molar-refractivity contribution in [2.24, 2.45) is 5.73 Å². The van der Waals surface area contributed by atoms with Crippen LogP contribution in [0.15, 0.2) is 12.4 Å². The van der Waals surface area contributed by atoms with Crippen LogP contribution in [-0.2, 0) is 0 Å². The van der Waals surface area contributed by atoms with Gasteiger partial charge in [0.15, 0.2) is 0 Å². The maximum atomic E-state index is 8.47. The van der Waals surface area contributed by atoms with Gasteiger partial charge in [0, 0.05) is 12.6 Å². The lowest BCUT2D eigenvalue weighted by Gasteiger charge is -2.01. The monoisotopic (exact) mass is 164 g/mol. The molecule has 0 spiro atoms. The second-order valence-corrected chi connectivity index (χ2v) is 1.99. The zero-order chi connectivity index (χ0) is 8.81. The number of ether oxygens (including phenoxy) is 1. The van der Waals surface area contributed by atoms with Crippen LogP contribution >= 0.6 is 0 Å². The Bertz CT molecular complexity index is 294. The first-order valence-corrected chi connectivity index (χ1v) is 3.42. The number of hydrogen-bond acceptors (Lipinski definition) is 5. The summed E-state index contributed by atoms with van der Waals surface area (Å²) < 4.78 is 5.07. The number of hydrogen-bond donors (Lipinski definition) is 1. The first-order valence-electron chi connectivity index (χ1n) is 3.42. The average molecular weight is 164 g/mol. The van der Waals surface area contributed by atoms with Crippen LogP contribution in [0, 0.1) is 11.3 Å². The molecule has 5 heteroatoms. The van der Waals surface area contributed by atoms with E-state index in [4.69, 9.17) is 15.7 Å². The van der Waals surface area contributed by atoms with Crippen molar-refractivity contribution >= 4 is 0 Å². The van der Waals surface area contributed by atoms with E-state index in [0.717, 1.165) is 0 Å². The van der Waals surface area contributed by atoms with Crippen LogP contribution in [0.2, 0.25) is 0 Å². The van der Waals surface area contributed by atoms with E-state index in [1.54, 1.807) is 0 Å². The third-order valence-corrected chi connectivity index (χ3v) is 1.12. The lowest BCUT2D eigenvalue weighted by Crippen LogP contribution is -2.11. The second-order valence-electron chi connectivity index (χ2n) is 1.99. The highest BCUT2D eigenvalue weighted by Gasteiger charge is 1.96. The number of nitrogens with zero attached hydrogens (tertiary/aromatic N) is 3. The summed E-state index contributed by atoms with van der Waals surface area (Å²) in [6, 6.07) is 3.35. The van der Waals surface area contributed by atoms with Gasteiger partial charge in [0.2, 0.25) is 5.88 Å². The number of rotatable bonds is 3. The van der Waals surface area contributed by atoms with E-state index in [9.17, 15) is 0 Å². The molecular formula is C7H8N4O. The van der Waals surface area contributed by atoms with Crippen molar-refractivity contribution < 1.29 is 4.74 Å². The number of aromatic nitrogens is 2. The summed E-state index contributed by atoms with van der Waals surface area (Å²) in [4.78, 5) is 7.47. The predicted octanol–water partition coefficient (Wildman–Crippen LogP) is -0.314. The van der Waals surface area contributed by atoms with Crippen molar-refractivity contribution in [2.75, 3.05) is 13.2 Å². The summed E-state index contributed by atoms with van der Waals surface area (Å²) in [5.41, 5.74) is 5.50. The zero-order valence-electron chi connectivity index (χ0n) is 6.40. The molecule has 1 rings (SSSR count). The largest absolute Gasteiger partial charge is 0.476 e. The summed E-state index contributed by atoms with van der Waals surface area (Å²) in [6.07, 6.45) is 1.28. The standard InChI is InChI=1S/C7H8N4O/c8-1-2-12-7-3-6(4-9)10-5-11-7/h3,5H,1-2,8H2. The van der Waals surface area contributed by atoms with Gasteiger partial charge in [-0.25, -0.2) is 9.97 Å². The first-order chi connectivity index (χ1) is 5.86. The SMILES string of the molecule is N#Cc1cc(OCCN)ncn1. The van der Waals surface area contributed by atoms with Gasteiger partial charge in [0.05, 0.1) is 0 Å². The lowest BCUT2D eigenvalue weighted by atomic mass is 10.4. The fourth-order valence-electron chi connectivity index (χ4n) is 0.643. The third-order valence-electron chi connectivity index (χ3n) is 1.12. The first kappa shape index (κ1) is 8.43. The fraction of sp³-hybridized carbons (Fsp3) is 0.286. The van der Waals surface area contributed by atoms with E-state index in [-0.39, 0.29) is 5.69 Å². The molecule has 0 aromatic carbocycles. The smallest absolute Gasteiger partial charge is 0.217 e. The van der Waals surface area contributed by atoms with Crippen LogP contribution in [0.25, 0.3) is 0 Å². The van der Waals surface area contributed by atoms with Crippen LogP contribution in [-0.4, -0.2) is 23.1 Å². The molecule has 0 amide bonds. The highest BCUT2D eigenvalue weighted by atomic mass is 16.5. The summed E-state index contributed by atoms with van der Waals surface area (Å²) in [5, 5.41) is 8.47. The van der Waals surface area contributed by atoms with Gasteiger partial charge in [-0.3, -0.25) is 0 Å². The number of nitriles is 1. The van der Waals surface area contributed by atoms with E-state index in [1.807, 2.05) is 6.07 Å². The molecule has 0 aliphatic heterocycles. The maximum Gasteiger partial charge on any atom is 0.217 e. The molecule has 0 aliphatic rings. The molecule has 0 unspecified atom stereocenters. The van der Waals surface area contributed by atoms with Crippen molar-refractivity contribution in [3.63, 3.8) is 0 Å². The topological polar surface area (TPSA) is 84.8 Å². The Labute approximate surface area is 69.8 Å². The molecular weight excluding hydrogens is 156 g/mol. The summed E-state index contributed by atoms with van der Waals surface area (Å²) in [6.45, 7) is 0.813. The highest BCUT2D eigenvalue weighted by molar-refractivity contribution is 5.23. The molecule has 1 heterocycles. The van der Waals surface area contributed by atoms with Gasteiger partial charge >= 0.3 is 0 Å². The molecule has 0 aliphatic carbocycles. The molecule has 0 saturated heterocycles. The van der Waals surface area contributed by atoms with Gasteiger partial charge in [-0.15, -0.1) is 0 Å². The fourth-order valence-corrected chi connectivity index (χ4v) is 0.643. The molecule has 5 nitrogen and oxygen atoms in total. The predicted molar refractivity (Wildman–Crippen MR) is 41.3 cm³/mol. The van der Waals surface area contributed by atoms with Gasteiger partial charge in [-0.2, -0.15) is 5.26 Å². The van der Waals surface area contributed by atoms with E-state index < -0.39 is 0 Å². The summed E-state index contributed by atoms with van der Waals surface area (Å²) >= 11 is 0. The Morgan fingerprint density at radius 2 is 2.42 bits per heavy atom. The molecule has 1 aromatic heterocycles. The van der Waals surface area contributed by atoms with E-state index in [1.165, 1.54) is 12.4 Å². The van der Waals surface area contributed by atoms with Crippen molar-refractivity contribution in [3.05, 3.63) is 18.1 Å². The minimum absolute atomic E-state index is 0.289. The summed E-state index contributed by atoms with van der Waals surface area (Å²) in [7, 11) is 0. The van der Waals surface area contributed by atoms with Gasteiger partial charge in [-0.05, 0) is 0 Å². The maximum absolute atomic E-state index is 8.47. The van der Waals surface area contributed by atoms with Gasteiger partial charge in [0.1, 0.15) is 24.7 Å². The molecule has 0 bridgehead atoms. The Morgan fingerprint density at radius 1 is 1.58 bits per heavy atom. The normalized spacial score (nSPS) is 9.00. The van der Waals surface area contributed by atoms with Crippen LogP contribution < -0.4 is 10.5 Å². The van der Waals surface area contributed by atoms with E-state index >= 15 is 0 Å². The molecule has 0 radical (unpaired) electrons. The molecule has 0 atom stereocenters. The molecule has 12 heavy (non-hydrogen) atoms. The van der Waals surface area contributed by atoms with Crippen molar-refractivity contribution in [3.8, 4) is 11.9 Å².